The number of alkyl halides is 3. The van der Waals surface area contributed by atoms with Gasteiger partial charge in [0.25, 0.3) is 0 Å². The molecule has 2 rings (SSSR count). The molecule has 0 amide bonds. The van der Waals surface area contributed by atoms with Gasteiger partial charge >= 0.3 is 6.18 Å². The van der Waals surface area contributed by atoms with Crippen molar-refractivity contribution in [3.05, 3.63) is 35.4 Å². The largest absolute Gasteiger partial charge is 0.416 e. The first-order chi connectivity index (χ1) is 7.37. The lowest BCUT2D eigenvalue weighted by atomic mass is 10.0. The smallest absolute Gasteiger partial charge is 0.325 e. The highest BCUT2D eigenvalue weighted by molar-refractivity contribution is 5.85. The monoisotopic (exact) mass is 265 g/mol. The van der Waals surface area contributed by atoms with Gasteiger partial charge in [-0.2, -0.15) is 13.2 Å². The van der Waals surface area contributed by atoms with Crippen molar-refractivity contribution in [2.75, 3.05) is 0 Å². The minimum Gasteiger partial charge on any atom is -0.325 e. The molecular weight excluding hydrogens is 251 g/mol. The van der Waals surface area contributed by atoms with Gasteiger partial charge in [0.15, 0.2) is 0 Å². The van der Waals surface area contributed by atoms with Gasteiger partial charge < -0.3 is 5.73 Å². The first kappa shape index (κ1) is 14.3. The van der Waals surface area contributed by atoms with Crippen LogP contribution in [0.5, 0.6) is 0 Å². The number of benzene rings is 1. The minimum atomic E-state index is -4.26. The molecule has 0 radical (unpaired) electrons. The summed E-state index contributed by atoms with van der Waals surface area (Å²) in [6.07, 6.45) is -2.53. The number of halogens is 4. The van der Waals surface area contributed by atoms with Crippen molar-refractivity contribution in [1.82, 2.24) is 0 Å². The van der Waals surface area contributed by atoms with Gasteiger partial charge in [-0.15, -0.1) is 12.4 Å². The molecule has 1 aliphatic carbocycles. The molecule has 2 N–H and O–H groups in total. The predicted molar refractivity (Wildman–Crippen MR) is 63.3 cm³/mol. The van der Waals surface area contributed by atoms with E-state index in [-0.39, 0.29) is 23.9 Å². The summed E-state index contributed by atoms with van der Waals surface area (Å²) in [4.78, 5) is 0. The van der Waals surface area contributed by atoms with Gasteiger partial charge in [-0.25, -0.2) is 0 Å². The van der Waals surface area contributed by atoms with Crippen LogP contribution in [0, 0.1) is 0 Å². The van der Waals surface area contributed by atoms with Gasteiger partial charge in [-0.1, -0.05) is 19.1 Å². The topological polar surface area (TPSA) is 26.0 Å². The fourth-order valence-electron chi connectivity index (χ4n) is 2.07. The van der Waals surface area contributed by atoms with Gasteiger partial charge in [-0.3, -0.25) is 0 Å². The third-order valence-electron chi connectivity index (χ3n) is 3.42. The fourth-order valence-corrected chi connectivity index (χ4v) is 2.07. The van der Waals surface area contributed by atoms with Crippen molar-refractivity contribution in [2.24, 2.45) is 5.73 Å². The van der Waals surface area contributed by atoms with Crippen LogP contribution in [0.2, 0.25) is 0 Å². The first-order valence-electron chi connectivity index (χ1n) is 5.33. The van der Waals surface area contributed by atoms with Crippen molar-refractivity contribution in [2.45, 2.75) is 37.4 Å². The molecule has 0 spiro atoms. The lowest BCUT2D eigenvalue weighted by molar-refractivity contribution is -0.137. The van der Waals surface area contributed by atoms with Crippen molar-refractivity contribution in [3.8, 4) is 0 Å². The van der Waals surface area contributed by atoms with Crippen molar-refractivity contribution >= 4 is 12.4 Å². The zero-order valence-corrected chi connectivity index (χ0v) is 10.2. The first-order valence-corrected chi connectivity index (χ1v) is 5.33. The number of hydrogen-bond acceptors (Lipinski definition) is 1. The maximum absolute atomic E-state index is 12.3. The molecule has 17 heavy (non-hydrogen) atoms. The van der Waals surface area contributed by atoms with Gasteiger partial charge in [0.1, 0.15) is 0 Å². The average molecular weight is 266 g/mol. The van der Waals surface area contributed by atoms with Crippen LogP contribution in [-0.4, -0.2) is 5.54 Å². The molecule has 96 valence electrons. The second-order valence-corrected chi connectivity index (χ2v) is 4.46. The molecule has 1 fully saturated rings. The van der Waals surface area contributed by atoms with Crippen LogP contribution >= 0.6 is 12.4 Å². The van der Waals surface area contributed by atoms with E-state index in [1.807, 2.05) is 6.92 Å². The molecule has 1 aliphatic rings. The van der Waals surface area contributed by atoms with Gasteiger partial charge in [0, 0.05) is 11.5 Å². The van der Waals surface area contributed by atoms with Gasteiger partial charge in [0.2, 0.25) is 0 Å². The Morgan fingerprint density at radius 3 is 2.18 bits per heavy atom. The Kier molecular flexibility index (Phi) is 3.79. The standard InChI is InChI=1S/C12H14F3N.ClH/c1-2-11(16)7-10(11)8-3-5-9(6-4-8)12(13,14)15;/h3-6,10H,2,7,16H2,1H3;1H/t10-,11-;/m1./s1. The van der Waals surface area contributed by atoms with Crippen LogP contribution in [0.25, 0.3) is 0 Å². The normalized spacial score (nSPS) is 27.5. The zero-order chi connectivity index (χ0) is 12.0. The van der Waals surface area contributed by atoms with E-state index in [0.717, 1.165) is 30.5 Å². The second kappa shape index (κ2) is 4.50. The lowest BCUT2D eigenvalue weighted by Gasteiger charge is -2.10. The van der Waals surface area contributed by atoms with Crippen molar-refractivity contribution < 1.29 is 13.2 Å². The van der Waals surface area contributed by atoms with Crippen LogP contribution in [-0.2, 0) is 6.18 Å². The minimum absolute atomic E-state index is 0. The molecule has 0 aromatic heterocycles. The second-order valence-electron chi connectivity index (χ2n) is 4.46. The van der Waals surface area contributed by atoms with E-state index in [1.165, 1.54) is 12.1 Å². The molecule has 1 nitrogen and oxygen atoms in total. The highest BCUT2D eigenvalue weighted by atomic mass is 35.5. The van der Waals surface area contributed by atoms with Gasteiger partial charge in [0.05, 0.1) is 5.56 Å². The molecule has 1 aromatic rings. The molecule has 0 bridgehead atoms. The van der Waals surface area contributed by atoms with Crippen LogP contribution in [0.4, 0.5) is 13.2 Å². The molecule has 1 aromatic carbocycles. The SMILES string of the molecule is CC[C@@]1(N)C[C@@H]1c1ccc(C(F)(F)F)cc1.Cl. The Morgan fingerprint density at radius 1 is 1.29 bits per heavy atom. The summed E-state index contributed by atoms with van der Waals surface area (Å²) in [7, 11) is 0. The van der Waals surface area contributed by atoms with E-state index in [0.29, 0.717) is 0 Å². The summed E-state index contributed by atoms with van der Waals surface area (Å²) >= 11 is 0. The number of hydrogen-bond donors (Lipinski definition) is 1. The maximum Gasteiger partial charge on any atom is 0.416 e. The Bertz CT molecular complexity index is 388. The lowest BCUT2D eigenvalue weighted by Crippen LogP contribution is -2.22. The zero-order valence-electron chi connectivity index (χ0n) is 9.42. The van der Waals surface area contributed by atoms with Crippen LogP contribution in [0.15, 0.2) is 24.3 Å². The van der Waals surface area contributed by atoms with Gasteiger partial charge in [-0.05, 0) is 30.5 Å². The molecule has 0 unspecified atom stereocenters. The van der Waals surface area contributed by atoms with Crippen LogP contribution in [0.1, 0.15) is 36.8 Å². The molecule has 5 heteroatoms. The quantitative estimate of drug-likeness (QED) is 0.866. The summed E-state index contributed by atoms with van der Waals surface area (Å²) in [6, 6.07) is 5.34. The predicted octanol–water partition coefficient (Wildman–Crippen LogP) is 3.72. The summed E-state index contributed by atoms with van der Waals surface area (Å²) < 4.78 is 37.0. The Hall–Kier alpha value is -0.740. The molecular formula is C12H15ClF3N. The van der Waals surface area contributed by atoms with Crippen LogP contribution < -0.4 is 5.73 Å². The number of nitrogens with two attached hydrogens (primary N) is 1. The van der Waals surface area contributed by atoms with E-state index in [9.17, 15) is 13.2 Å². The van der Waals surface area contributed by atoms with Crippen LogP contribution in [0.3, 0.4) is 0 Å². The maximum atomic E-state index is 12.3. The Labute approximate surface area is 105 Å². The summed E-state index contributed by atoms with van der Waals surface area (Å²) in [5, 5.41) is 0. The third kappa shape index (κ3) is 2.75. The van der Waals surface area contributed by atoms with Crippen molar-refractivity contribution in [1.29, 1.82) is 0 Å². The van der Waals surface area contributed by atoms with E-state index in [4.69, 9.17) is 5.73 Å². The molecule has 2 atom stereocenters. The van der Waals surface area contributed by atoms with E-state index in [2.05, 4.69) is 0 Å². The molecule has 0 saturated heterocycles. The summed E-state index contributed by atoms with van der Waals surface area (Å²) in [5.74, 6) is 0.222. The van der Waals surface area contributed by atoms with Crippen molar-refractivity contribution in [3.63, 3.8) is 0 Å². The average Bonchev–Trinajstić information content (AvgIpc) is 2.91. The highest BCUT2D eigenvalue weighted by Gasteiger charge is 2.50. The molecule has 1 saturated carbocycles. The van der Waals surface area contributed by atoms with E-state index in [1.54, 1.807) is 0 Å². The Morgan fingerprint density at radius 2 is 1.82 bits per heavy atom. The third-order valence-corrected chi connectivity index (χ3v) is 3.42. The molecule has 0 aliphatic heterocycles. The Balaban J connectivity index is 0.00000144. The number of rotatable bonds is 2. The summed E-state index contributed by atoms with van der Waals surface area (Å²) in [5.41, 5.74) is 6.14. The van der Waals surface area contributed by atoms with E-state index >= 15 is 0 Å². The fraction of sp³-hybridized carbons (Fsp3) is 0.500. The molecule has 0 heterocycles. The van der Waals surface area contributed by atoms with E-state index < -0.39 is 11.7 Å². The summed E-state index contributed by atoms with van der Waals surface area (Å²) in [6.45, 7) is 2.00. The highest BCUT2D eigenvalue weighted by Crippen LogP contribution is 2.51.